The Balaban J connectivity index is 1.91. The minimum Gasteiger partial charge on any atom is -0.454 e. The maximum Gasteiger partial charge on any atom is 0.231 e. The first-order chi connectivity index (χ1) is 11.7. The van der Waals surface area contributed by atoms with Gasteiger partial charge in [0.05, 0.1) is 12.1 Å². The van der Waals surface area contributed by atoms with Crippen LogP contribution in [0.5, 0.6) is 11.5 Å². The zero-order valence-corrected chi connectivity index (χ0v) is 12.8. The number of hydrogen-bond donors (Lipinski definition) is 0. The minimum absolute atomic E-state index is 0.0788. The standard InChI is InChI=1S/C19H14N2O3/c20-10-15(11-21)16(9-17(22)13-4-2-1-3-5-13)14-6-7-18-19(8-14)24-12-23-18/h1-8,15-16H,9,12H2/t16-/m0/s1. The highest BCUT2D eigenvalue weighted by molar-refractivity contribution is 5.96. The molecule has 0 saturated heterocycles. The number of ether oxygens (including phenoxy) is 2. The first-order valence-corrected chi connectivity index (χ1v) is 7.50. The second-order valence-corrected chi connectivity index (χ2v) is 5.45. The van der Waals surface area contributed by atoms with Crippen LogP contribution in [0.2, 0.25) is 0 Å². The van der Waals surface area contributed by atoms with Gasteiger partial charge in [0.25, 0.3) is 0 Å². The van der Waals surface area contributed by atoms with E-state index in [1.54, 1.807) is 42.5 Å². The van der Waals surface area contributed by atoms with Crippen molar-refractivity contribution in [1.29, 1.82) is 10.5 Å². The Morgan fingerprint density at radius 2 is 1.75 bits per heavy atom. The summed E-state index contributed by atoms with van der Waals surface area (Å²) >= 11 is 0. The van der Waals surface area contributed by atoms with E-state index in [-0.39, 0.29) is 19.0 Å². The molecule has 0 amide bonds. The van der Waals surface area contributed by atoms with E-state index < -0.39 is 11.8 Å². The van der Waals surface area contributed by atoms with E-state index in [1.165, 1.54) is 0 Å². The predicted molar refractivity (Wildman–Crippen MR) is 85.4 cm³/mol. The van der Waals surface area contributed by atoms with Gasteiger partial charge in [-0.15, -0.1) is 0 Å². The minimum atomic E-state index is -0.918. The van der Waals surface area contributed by atoms with Crippen molar-refractivity contribution in [2.75, 3.05) is 6.79 Å². The smallest absolute Gasteiger partial charge is 0.231 e. The van der Waals surface area contributed by atoms with Gasteiger partial charge >= 0.3 is 0 Å². The molecule has 1 heterocycles. The van der Waals surface area contributed by atoms with Crippen LogP contribution in [0.15, 0.2) is 48.5 Å². The quantitative estimate of drug-likeness (QED) is 0.789. The maximum atomic E-state index is 12.5. The van der Waals surface area contributed by atoms with Crippen molar-refractivity contribution in [2.45, 2.75) is 12.3 Å². The number of rotatable bonds is 5. The van der Waals surface area contributed by atoms with E-state index in [2.05, 4.69) is 0 Å². The molecule has 0 spiro atoms. The average Bonchev–Trinajstić information content (AvgIpc) is 3.10. The van der Waals surface area contributed by atoms with Crippen LogP contribution in [0, 0.1) is 28.6 Å². The van der Waals surface area contributed by atoms with Crippen LogP contribution in [0.25, 0.3) is 0 Å². The number of benzene rings is 2. The maximum absolute atomic E-state index is 12.5. The van der Waals surface area contributed by atoms with E-state index in [0.29, 0.717) is 17.1 Å². The van der Waals surface area contributed by atoms with Crippen LogP contribution in [0.3, 0.4) is 0 Å². The number of carbonyl (C=O) groups excluding carboxylic acids is 1. The lowest BCUT2D eigenvalue weighted by Crippen LogP contribution is -2.15. The molecule has 5 heteroatoms. The van der Waals surface area contributed by atoms with Gasteiger partial charge in [-0.1, -0.05) is 36.4 Å². The molecule has 0 N–H and O–H groups in total. The van der Waals surface area contributed by atoms with Gasteiger partial charge in [0, 0.05) is 17.9 Å². The van der Waals surface area contributed by atoms with E-state index in [4.69, 9.17) is 9.47 Å². The fourth-order valence-electron chi connectivity index (χ4n) is 2.72. The Kier molecular flexibility index (Phi) is 4.45. The number of nitriles is 2. The molecule has 0 saturated carbocycles. The molecule has 2 aromatic carbocycles. The molecule has 2 aromatic rings. The highest BCUT2D eigenvalue weighted by atomic mass is 16.7. The zero-order valence-electron chi connectivity index (χ0n) is 12.8. The van der Waals surface area contributed by atoms with Gasteiger partial charge in [-0.25, -0.2) is 0 Å². The summed E-state index contributed by atoms with van der Waals surface area (Å²) in [6.07, 6.45) is 0.0788. The summed E-state index contributed by atoms with van der Waals surface area (Å²) < 4.78 is 10.6. The van der Waals surface area contributed by atoms with Crippen LogP contribution in [-0.2, 0) is 0 Å². The molecule has 0 bridgehead atoms. The summed E-state index contributed by atoms with van der Waals surface area (Å²) in [5.41, 5.74) is 1.29. The van der Waals surface area contributed by atoms with Gasteiger partial charge in [0.15, 0.2) is 17.3 Å². The normalized spacial score (nSPS) is 13.1. The molecule has 0 fully saturated rings. The lowest BCUT2D eigenvalue weighted by molar-refractivity contribution is 0.0970. The van der Waals surface area contributed by atoms with Gasteiger partial charge in [0.1, 0.15) is 5.92 Å². The molecule has 24 heavy (non-hydrogen) atoms. The monoisotopic (exact) mass is 318 g/mol. The Morgan fingerprint density at radius 3 is 2.46 bits per heavy atom. The molecule has 118 valence electrons. The third kappa shape index (κ3) is 3.06. The zero-order chi connectivity index (χ0) is 16.9. The fraction of sp³-hybridized carbons (Fsp3) is 0.211. The van der Waals surface area contributed by atoms with E-state index in [9.17, 15) is 15.3 Å². The van der Waals surface area contributed by atoms with Crippen molar-refractivity contribution in [3.05, 3.63) is 59.7 Å². The summed E-state index contributed by atoms with van der Waals surface area (Å²) in [5.74, 6) is -0.356. The van der Waals surface area contributed by atoms with E-state index >= 15 is 0 Å². The summed E-state index contributed by atoms with van der Waals surface area (Å²) in [5, 5.41) is 18.6. The molecule has 0 radical (unpaired) electrons. The van der Waals surface area contributed by atoms with Crippen molar-refractivity contribution in [3.8, 4) is 23.6 Å². The molecule has 1 atom stereocenters. The second kappa shape index (κ2) is 6.85. The van der Waals surface area contributed by atoms with Gasteiger partial charge in [-0.05, 0) is 17.7 Å². The van der Waals surface area contributed by atoms with Crippen LogP contribution < -0.4 is 9.47 Å². The molecule has 1 aliphatic rings. The summed E-state index contributed by atoms with van der Waals surface area (Å²) in [6.45, 7) is 0.145. The first kappa shape index (κ1) is 15.6. The Morgan fingerprint density at radius 1 is 1.04 bits per heavy atom. The van der Waals surface area contributed by atoms with Gasteiger partial charge in [-0.2, -0.15) is 10.5 Å². The van der Waals surface area contributed by atoms with Crippen molar-refractivity contribution >= 4 is 5.78 Å². The van der Waals surface area contributed by atoms with Crippen LogP contribution in [-0.4, -0.2) is 12.6 Å². The summed E-state index contributed by atoms with van der Waals surface area (Å²) in [6, 6.07) is 18.1. The number of hydrogen-bond acceptors (Lipinski definition) is 5. The third-order valence-corrected chi connectivity index (χ3v) is 4.01. The molecular formula is C19H14N2O3. The molecule has 0 aliphatic carbocycles. The number of ketones is 1. The van der Waals surface area contributed by atoms with E-state index in [1.807, 2.05) is 18.2 Å². The van der Waals surface area contributed by atoms with E-state index in [0.717, 1.165) is 5.56 Å². The number of fused-ring (bicyclic) bond motifs is 1. The largest absolute Gasteiger partial charge is 0.454 e. The van der Waals surface area contributed by atoms with Crippen LogP contribution >= 0.6 is 0 Å². The van der Waals surface area contributed by atoms with Gasteiger partial charge in [-0.3, -0.25) is 4.79 Å². The second-order valence-electron chi connectivity index (χ2n) is 5.45. The average molecular weight is 318 g/mol. The Bertz CT molecular complexity index is 820. The SMILES string of the molecule is N#CC(C#N)[C@@H](CC(=O)c1ccccc1)c1ccc2c(c1)OCO2. The number of carbonyl (C=O) groups is 1. The van der Waals surface area contributed by atoms with Crippen molar-refractivity contribution < 1.29 is 14.3 Å². The van der Waals surface area contributed by atoms with Crippen LogP contribution in [0.1, 0.15) is 28.3 Å². The topological polar surface area (TPSA) is 83.1 Å². The lowest BCUT2D eigenvalue weighted by atomic mass is 9.82. The highest BCUT2D eigenvalue weighted by Crippen LogP contribution is 2.38. The fourth-order valence-corrected chi connectivity index (χ4v) is 2.72. The molecule has 0 unspecified atom stereocenters. The number of Topliss-reactive ketones (excluding diaryl/α,β-unsaturated/α-hetero) is 1. The van der Waals surface area contributed by atoms with Crippen molar-refractivity contribution in [2.24, 2.45) is 5.92 Å². The van der Waals surface area contributed by atoms with Crippen molar-refractivity contribution in [3.63, 3.8) is 0 Å². The van der Waals surface area contributed by atoms with Gasteiger partial charge < -0.3 is 9.47 Å². The summed E-state index contributed by atoms with van der Waals surface area (Å²) in [7, 11) is 0. The van der Waals surface area contributed by atoms with Crippen molar-refractivity contribution in [1.82, 2.24) is 0 Å². The first-order valence-electron chi connectivity index (χ1n) is 7.50. The molecule has 0 aromatic heterocycles. The summed E-state index contributed by atoms with van der Waals surface area (Å²) in [4.78, 5) is 12.5. The Hall–Kier alpha value is -3.31. The molecule has 5 nitrogen and oxygen atoms in total. The molecular weight excluding hydrogens is 304 g/mol. The lowest BCUT2D eigenvalue weighted by Gasteiger charge is -2.17. The van der Waals surface area contributed by atoms with Gasteiger partial charge in [0.2, 0.25) is 6.79 Å². The number of nitrogens with zero attached hydrogens (tertiary/aromatic N) is 2. The molecule has 1 aliphatic heterocycles. The van der Waals surface area contributed by atoms with Crippen LogP contribution in [0.4, 0.5) is 0 Å². The highest BCUT2D eigenvalue weighted by Gasteiger charge is 2.28. The third-order valence-electron chi connectivity index (χ3n) is 4.01. The Labute approximate surface area is 139 Å². The predicted octanol–water partition coefficient (Wildman–Crippen LogP) is 3.44. The molecule has 3 rings (SSSR count).